The number of aliphatic carboxylic acids is 1. The molecule has 2 aromatic rings. The van der Waals surface area contributed by atoms with Gasteiger partial charge in [0.1, 0.15) is 6.61 Å². The highest BCUT2D eigenvalue weighted by Gasteiger charge is 2.43. The van der Waals surface area contributed by atoms with Gasteiger partial charge in [0.2, 0.25) is 0 Å². The van der Waals surface area contributed by atoms with Crippen molar-refractivity contribution in [3.8, 4) is 11.5 Å². The number of hydrogen-bond acceptors (Lipinski definition) is 6. The highest BCUT2D eigenvalue weighted by Crippen LogP contribution is 2.50. The van der Waals surface area contributed by atoms with Crippen LogP contribution in [0.5, 0.6) is 11.5 Å². The monoisotopic (exact) mass is 641 g/mol. The zero-order valence-electron chi connectivity index (χ0n) is 22.2. The smallest absolute Gasteiger partial charge is 0.305 e. The van der Waals surface area contributed by atoms with Gasteiger partial charge in [-0.3, -0.25) is 14.4 Å². The first-order chi connectivity index (χ1) is 18.8. The molecule has 39 heavy (non-hydrogen) atoms. The molecule has 2 aromatic carbocycles. The lowest BCUT2D eigenvalue weighted by atomic mass is 9.71. The van der Waals surface area contributed by atoms with Gasteiger partial charge >= 0.3 is 5.97 Å². The molecule has 0 saturated carbocycles. The largest absolute Gasteiger partial charge is 0.493 e. The summed E-state index contributed by atoms with van der Waals surface area (Å²) in [7, 11) is 1.59. The van der Waals surface area contributed by atoms with Crippen LogP contribution < -0.4 is 9.47 Å². The van der Waals surface area contributed by atoms with Crippen LogP contribution >= 0.6 is 22.6 Å². The SMILES string of the molecule is COc1cc(C2C3=C(CCCC3=O)N(CCC(=O)O)C3=C2C(=O)CCC3)cc(I)c1OCc1ccc(C)cc1. The van der Waals surface area contributed by atoms with Crippen molar-refractivity contribution in [3.63, 3.8) is 0 Å². The number of ether oxygens (including phenoxy) is 2. The van der Waals surface area contributed by atoms with Gasteiger partial charge in [-0.25, -0.2) is 0 Å². The van der Waals surface area contributed by atoms with Crippen LogP contribution in [-0.2, 0) is 21.0 Å². The lowest BCUT2D eigenvalue weighted by Gasteiger charge is -2.44. The molecule has 5 rings (SSSR count). The molecule has 0 aromatic heterocycles. The summed E-state index contributed by atoms with van der Waals surface area (Å²) in [6, 6.07) is 12.0. The Morgan fingerprint density at radius 2 is 1.62 bits per heavy atom. The van der Waals surface area contributed by atoms with Crippen LogP contribution in [0, 0.1) is 10.5 Å². The van der Waals surface area contributed by atoms with E-state index in [2.05, 4.69) is 22.6 Å². The van der Waals surface area contributed by atoms with E-state index in [9.17, 15) is 19.5 Å². The van der Waals surface area contributed by atoms with E-state index in [-0.39, 0.29) is 24.5 Å². The number of methoxy groups -OCH3 is 1. The topological polar surface area (TPSA) is 93.1 Å². The highest BCUT2D eigenvalue weighted by molar-refractivity contribution is 14.1. The lowest BCUT2D eigenvalue weighted by molar-refractivity contribution is -0.137. The maximum atomic E-state index is 13.5. The number of Topliss-reactive ketones (excluding diaryl/α,β-unsaturated/α-hetero) is 2. The summed E-state index contributed by atoms with van der Waals surface area (Å²) < 4.78 is 12.8. The molecule has 0 atom stereocenters. The van der Waals surface area contributed by atoms with Crippen molar-refractivity contribution in [1.29, 1.82) is 0 Å². The second-order valence-electron chi connectivity index (χ2n) is 10.3. The lowest BCUT2D eigenvalue weighted by Crippen LogP contribution is -2.40. The van der Waals surface area contributed by atoms with E-state index >= 15 is 0 Å². The van der Waals surface area contributed by atoms with E-state index in [0.29, 0.717) is 54.9 Å². The van der Waals surface area contributed by atoms with Crippen LogP contribution in [0.15, 0.2) is 58.9 Å². The zero-order chi connectivity index (χ0) is 27.7. The summed E-state index contributed by atoms with van der Waals surface area (Å²) in [5.41, 5.74) is 6.06. The fourth-order valence-corrected chi connectivity index (χ4v) is 6.69. The number of nitrogens with zero attached hydrogens (tertiary/aromatic N) is 1. The van der Waals surface area contributed by atoms with Crippen LogP contribution in [0.4, 0.5) is 0 Å². The minimum absolute atomic E-state index is 0.0279. The molecule has 0 saturated heterocycles. The number of carboxylic acid groups (broad SMARTS) is 1. The molecule has 1 heterocycles. The van der Waals surface area contributed by atoms with Crippen molar-refractivity contribution in [3.05, 3.63) is 79.2 Å². The van der Waals surface area contributed by atoms with E-state index in [1.54, 1.807) is 7.11 Å². The molecule has 0 unspecified atom stereocenters. The maximum Gasteiger partial charge on any atom is 0.305 e. The van der Waals surface area contributed by atoms with E-state index in [0.717, 1.165) is 38.9 Å². The van der Waals surface area contributed by atoms with Crippen molar-refractivity contribution >= 4 is 40.1 Å². The predicted octanol–water partition coefficient (Wildman–Crippen LogP) is 6.08. The van der Waals surface area contributed by atoms with Gasteiger partial charge < -0.3 is 19.5 Å². The summed E-state index contributed by atoms with van der Waals surface area (Å²) in [4.78, 5) is 40.4. The van der Waals surface area contributed by atoms with Gasteiger partial charge in [-0.05, 0) is 78.5 Å². The summed E-state index contributed by atoms with van der Waals surface area (Å²) in [6.07, 6.45) is 3.60. The van der Waals surface area contributed by atoms with Gasteiger partial charge in [-0.1, -0.05) is 29.8 Å². The molecule has 1 aliphatic heterocycles. The number of rotatable bonds is 8. The average Bonchev–Trinajstić information content (AvgIpc) is 2.91. The van der Waals surface area contributed by atoms with Crippen molar-refractivity contribution in [1.82, 2.24) is 4.90 Å². The van der Waals surface area contributed by atoms with Gasteiger partial charge in [0, 0.05) is 47.8 Å². The highest BCUT2D eigenvalue weighted by atomic mass is 127. The molecule has 0 bridgehead atoms. The number of halogens is 1. The number of benzene rings is 2. The van der Waals surface area contributed by atoms with E-state index in [1.165, 1.54) is 5.56 Å². The number of aryl methyl sites for hydroxylation is 1. The normalized spacial score (nSPS) is 17.8. The van der Waals surface area contributed by atoms with Crippen molar-refractivity contribution in [2.75, 3.05) is 13.7 Å². The first kappa shape index (κ1) is 27.4. The molecule has 8 heteroatoms. The van der Waals surface area contributed by atoms with Crippen molar-refractivity contribution in [2.45, 2.75) is 64.4 Å². The second-order valence-corrected chi connectivity index (χ2v) is 11.5. The predicted molar refractivity (Wildman–Crippen MR) is 155 cm³/mol. The Kier molecular flexibility index (Phi) is 8.11. The van der Waals surface area contributed by atoms with Gasteiger partial charge in [0.05, 0.1) is 17.1 Å². The summed E-state index contributed by atoms with van der Waals surface area (Å²) >= 11 is 2.23. The Hall–Kier alpha value is -3.14. The molecule has 1 N–H and O–H groups in total. The Bertz CT molecular complexity index is 1350. The molecule has 3 aliphatic rings. The Morgan fingerprint density at radius 3 is 2.18 bits per heavy atom. The van der Waals surface area contributed by atoms with Crippen LogP contribution in [0.1, 0.15) is 67.6 Å². The molecule has 0 radical (unpaired) electrons. The maximum absolute atomic E-state index is 13.5. The van der Waals surface area contributed by atoms with Crippen molar-refractivity contribution in [2.24, 2.45) is 0 Å². The second kappa shape index (κ2) is 11.5. The molecule has 2 aliphatic carbocycles. The molecular weight excluding hydrogens is 609 g/mol. The minimum Gasteiger partial charge on any atom is -0.493 e. The zero-order valence-corrected chi connectivity index (χ0v) is 24.4. The molecule has 0 spiro atoms. The standard InChI is InChI=1S/C31H32INO6/c1-18-9-11-19(12-10-18)17-39-31-21(32)15-20(16-26(31)38-2)28-29-22(5-3-7-24(29)34)33(14-13-27(36)37)23-6-4-8-25(35)30(23)28/h9-12,15-16,28H,3-8,13-14,17H2,1-2H3,(H,36,37). The number of hydrogen-bond donors (Lipinski definition) is 1. The van der Waals surface area contributed by atoms with Gasteiger partial charge in [0.25, 0.3) is 0 Å². The summed E-state index contributed by atoms with van der Waals surface area (Å²) in [6.45, 7) is 2.68. The molecule has 0 fully saturated rings. The molecule has 0 amide bonds. The van der Waals surface area contributed by atoms with Crippen LogP contribution in [0.3, 0.4) is 0 Å². The first-order valence-corrected chi connectivity index (χ1v) is 14.4. The van der Waals surface area contributed by atoms with Gasteiger partial charge in [-0.15, -0.1) is 0 Å². The third-order valence-electron chi connectivity index (χ3n) is 7.72. The number of allylic oxidation sites excluding steroid dienone is 4. The number of ketones is 2. The minimum atomic E-state index is -0.897. The van der Waals surface area contributed by atoms with E-state index in [1.807, 2.05) is 48.2 Å². The van der Waals surface area contributed by atoms with Crippen LogP contribution in [0.2, 0.25) is 0 Å². The van der Waals surface area contributed by atoms with Crippen LogP contribution in [-0.4, -0.2) is 41.2 Å². The fraction of sp³-hybridized carbons (Fsp3) is 0.387. The first-order valence-electron chi connectivity index (χ1n) is 13.4. The number of carbonyl (C=O) groups excluding carboxylic acids is 2. The Morgan fingerprint density at radius 1 is 1.00 bits per heavy atom. The third-order valence-corrected chi connectivity index (χ3v) is 8.53. The Balaban J connectivity index is 1.58. The number of carbonyl (C=O) groups is 3. The van der Waals surface area contributed by atoms with E-state index < -0.39 is 11.9 Å². The van der Waals surface area contributed by atoms with Crippen molar-refractivity contribution < 1.29 is 29.0 Å². The van der Waals surface area contributed by atoms with Gasteiger partial charge in [-0.2, -0.15) is 0 Å². The van der Waals surface area contributed by atoms with Crippen LogP contribution in [0.25, 0.3) is 0 Å². The average molecular weight is 642 g/mol. The molecular formula is C31H32INO6. The molecule has 204 valence electrons. The van der Waals surface area contributed by atoms with E-state index in [4.69, 9.17) is 9.47 Å². The third kappa shape index (κ3) is 5.48. The Labute approximate surface area is 242 Å². The number of carboxylic acids is 1. The van der Waals surface area contributed by atoms with Gasteiger partial charge in [0.15, 0.2) is 23.1 Å². The fourth-order valence-electron chi connectivity index (χ4n) is 5.91. The molecule has 7 nitrogen and oxygen atoms in total. The summed E-state index contributed by atoms with van der Waals surface area (Å²) in [5, 5.41) is 9.39. The quantitative estimate of drug-likeness (QED) is 0.350. The summed E-state index contributed by atoms with van der Waals surface area (Å²) in [5.74, 6) is -0.167.